The average Bonchev–Trinajstić information content (AvgIpc) is 3.39. The first-order valence-corrected chi connectivity index (χ1v) is 10.9. The molecule has 1 aromatic heterocycles. The van der Waals surface area contributed by atoms with Crippen LogP contribution in [0.25, 0.3) is 11.5 Å². The second-order valence-electron chi connectivity index (χ2n) is 7.97. The van der Waals surface area contributed by atoms with Crippen molar-refractivity contribution in [3.05, 3.63) is 58.4 Å². The Morgan fingerprint density at radius 2 is 2.00 bits per heavy atom. The van der Waals surface area contributed by atoms with E-state index in [2.05, 4.69) is 23.1 Å². The van der Waals surface area contributed by atoms with Gasteiger partial charge < -0.3 is 18.6 Å². The molecule has 0 saturated carbocycles. The van der Waals surface area contributed by atoms with Gasteiger partial charge in [-0.05, 0) is 50.1 Å². The summed E-state index contributed by atoms with van der Waals surface area (Å²) in [6.45, 7) is 3.90. The minimum atomic E-state index is 0.200. The van der Waals surface area contributed by atoms with E-state index in [4.69, 9.17) is 35.2 Å². The minimum absolute atomic E-state index is 0.200. The quantitative estimate of drug-likeness (QED) is 0.502. The highest BCUT2D eigenvalue weighted by Crippen LogP contribution is 2.41. The van der Waals surface area contributed by atoms with Crippen LogP contribution in [0.15, 0.2) is 40.8 Å². The van der Waals surface area contributed by atoms with Crippen molar-refractivity contribution in [1.29, 1.82) is 0 Å². The summed E-state index contributed by atoms with van der Waals surface area (Å²) in [6.07, 6.45) is 3.51. The molecule has 3 aromatic rings. The molecule has 2 aromatic carbocycles. The Morgan fingerprint density at radius 3 is 2.84 bits per heavy atom. The number of halogens is 1. The van der Waals surface area contributed by atoms with E-state index >= 15 is 0 Å². The zero-order valence-electron chi connectivity index (χ0n) is 17.7. The maximum Gasteiger partial charge on any atom is 0.231 e. The molecule has 0 amide bonds. The molecule has 1 atom stereocenters. The van der Waals surface area contributed by atoms with Gasteiger partial charge in [0.2, 0.25) is 12.7 Å². The highest BCUT2D eigenvalue weighted by Gasteiger charge is 2.27. The molecule has 0 bridgehead atoms. The Hall–Kier alpha value is -2.70. The van der Waals surface area contributed by atoms with Gasteiger partial charge in [-0.15, -0.1) is 0 Å². The van der Waals surface area contributed by atoms with E-state index in [1.807, 2.05) is 19.1 Å². The van der Waals surface area contributed by atoms with Gasteiger partial charge in [-0.3, -0.25) is 4.90 Å². The van der Waals surface area contributed by atoms with E-state index in [1.54, 1.807) is 13.2 Å². The lowest BCUT2D eigenvalue weighted by Gasteiger charge is -2.35. The van der Waals surface area contributed by atoms with E-state index in [-0.39, 0.29) is 6.79 Å². The number of aryl methyl sites for hydroxylation is 1. The van der Waals surface area contributed by atoms with Crippen molar-refractivity contribution in [2.45, 2.75) is 38.8 Å². The van der Waals surface area contributed by atoms with E-state index in [9.17, 15) is 0 Å². The van der Waals surface area contributed by atoms with Crippen LogP contribution >= 0.6 is 11.6 Å². The number of hydrogen-bond donors (Lipinski definition) is 0. The summed E-state index contributed by atoms with van der Waals surface area (Å²) in [7, 11) is 1.71. The molecule has 7 heteroatoms. The number of benzene rings is 2. The molecular weight excluding hydrogens is 416 g/mol. The fourth-order valence-electron chi connectivity index (χ4n) is 4.37. The zero-order valence-corrected chi connectivity index (χ0v) is 18.4. The Kier molecular flexibility index (Phi) is 5.50. The van der Waals surface area contributed by atoms with Crippen molar-refractivity contribution in [3.63, 3.8) is 0 Å². The van der Waals surface area contributed by atoms with E-state index in [0.717, 1.165) is 36.7 Å². The van der Waals surface area contributed by atoms with Crippen molar-refractivity contribution in [2.75, 3.05) is 20.4 Å². The number of likely N-dealkylation sites (tertiary alicyclic amines) is 1. The molecule has 0 N–H and O–H groups in total. The lowest BCUT2D eigenvalue weighted by atomic mass is 9.95. The first-order chi connectivity index (χ1) is 15.1. The summed E-state index contributed by atoms with van der Waals surface area (Å²) in [4.78, 5) is 7.29. The van der Waals surface area contributed by atoms with Gasteiger partial charge >= 0.3 is 0 Å². The van der Waals surface area contributed by atoms with Crippen molar-refractivity contribution < 1.29 is 18.6 Å². The minimum Gasteiger partial charge on any atom is -0.497 e. The lowest BCUT2D eigenvalue weighted by molar-refractivity contribution is 0.138. The van der Waals surface area contributed by atoms with E-state index in [0.29, 0.717) is 34.0 Å². The third-order valence-electron chi connectivity index (χ3n) is 6.03. The third kappa shape index (κ3) is 3.98. The Balaban J connectivity index is 1.41. The normalized spacial score (nSPS) is 18.4. The number of ether oxygens (including phenoxy) is 3. The number of oxazole rings is 1. The highest BCUT2D eigenvalue weighted by molar-refractivity contribution is 6.33. The summed E-state index contributed by atoms with van der Waals surface area (Å²) >= 11 is 6.47. The topological polar surface area (TPSA) is 57.0 Å². The lowest BCUT2D eigenvalue weighted by Crippen LogP contribution is -2.33. The predicted octanol–water partition coefficient (Wildman–Crippen LogP) is 5.77. The monoisotopic (exact) mass is 440 g/mol. The molecule has 1 saturated heterocycles. The number of nitrogens with zero attached hydrogens (tertiary/aromatic N) is 2. The number of piperidine rings is 1. The largest absolute Gasteiger partial charge is 0.497 e. The Morgan fingerprint density at radius 1 is 1.16 bits per heavy atom. The van der Waals surface area contributed by atoms with Crippen LogP contribution in [0.3, 0.4) is 0 Å². The number of rotatable bonds is 5. The molecule has 0 radical (unpaired) electrons. The molecular formula is C24H25ClN2O4. The van der Waals surface area contributed by atoms with Gasteiger partial charge in [0.1, 0.15) is 11.5 Å². The summed E-state index contributed by atoms with van der Waals surface area (Å²) in [5, 5.41) is 0.532. The van der Waals surface area contributed by atoms with Crippen LogP contribution in [0, 0.1) is 6.92 Å². The van der Waals surface area contributed by atoms with Crippen LogP contribution in [0.1, 0.15) is 42.3 Å². The zero-order chi connectivity index (χ0) is 21.4. The first-order valence-electron chi connectivity index (χ1n) is 10.6. The molecule has 2 aliphatic heterocycles. The van der Waals surface area contributed by atoms with Crippen molar-refractivity contribution in [3.8, 4) is 28.7 Å². The van der Waals surface area contributed by atoms with Gasteiger partial charge in [0, 0.05) is 18.7 Å². The summed E-state index contributed by atoms with van der Waals surface area (Å²) in [5.74, 6) is 3.50. The van der Waals surface area contributed by atoms with Gasteiger partial charge in [-0.25, -0.2) is 4.98 Å². The molecule has 3 heterocycles. The molecule has 31 heavy (non-hydrogen) atoms. The summed E-state index contributed by atoms with van der Waals surface area (Å²) in [6, 6.07) is 12.3. The molecule has 6 nitrogen and oxygen atoms in total. The molecule has 1 fully saturated rings. The first kappa shape index (κ1) is 20.2. The van der Waals surface area contributed by atoms with Gasteiger partial charge in [-0.2, -0.15) is 0 Å². The van der Waals surface area contributed by atoms with E-state index < -0.39 is 0 Å². The number of methoxy groups -OCH3 is 1. The fraction of sp³-hybridized carbons (Fsp3) is 0.375. The maximum atomic E-state index is 6.47. The van der Waals surface area contributed by atoms with Gasteiger partial charge in [0.15, 0.2) is 11.5 Å². The van der Waals surface area contributed by atoms with Crippen LogP contribution in [-0.4, -0.2) is 30.3 Å². The Labute approximate surface area is 186 Å². The molecule has 1 unspecified atom stereocenters. The van der Waals surface area contributed by atoms with Crippen LogP contribution in [0.5, 0.6) is 17.2 Å². The van der Waals surface area contributed by atoms with Crippen LogP contribution in [0.4, 0.5) is 0 Å². The van der Waals surface area contributed by atoms with Crippen molar-refractivity contribution >= 4 is 11.6 Å². The summed E-state index contributed by atoms with van der Waals surface area (Å²) in [5.41, 5.74) is 2.92. The smallest absolute Gasteiger partial charge is 0.231 e. The second-order valence-corrected chi connectivity index (χ2v) is 8.37. The van der Waals surface area contributed by atoms with Crippen LogP contribution < -0.4 is 14.2 Å². The predicted molar refractivity (Wildman–Crippen MR) is 118 cm³/mol. The molecule has 0 aliphatic carbocycles. The standard InChI is InChI=1S/C24H25ClN2O4/c1-15-20(26-24(31-15)18-11-22-23(12-19(18)25)30-14-29-22)13-27-9-4-3-8-21(27)16-6-5-7-17(10-16)28-2/h5-7,10-12,21H,3-4,8-9,13-14H2,1-2H3. The average molecular weight is 441 g/mol. The molecule has 5 rings (SSSR count). The van der Waals surface area contributed by atoms with Crippen LogP contribution in [0.2, 0.25) is 5.02 Å². The van der Waals surface area contributed by atoms with Gasteiger partial charge in [0.25, 0.3) is 0 Å². The second kappa shape index (κ2) is 8.44. The molecule has 0 spiro atoms. The number of aromatic nitrogens is 1. The highest BCUT2D eigenvalue weighted by atomic mass is 35.5. The molecule has 2 aliphatic rings. The Bertz CT molecular complexity index is 1100. The van der Waals surface area contributed by atoms with Crippen LogP contribution in [-0.2, 0) is 6.54 Å². The number of fused-ring (bicyclic) bond motifs is 1. The summed E-state index contributed by atoms with van der Waals surface area (Å²) < 4.78 is 22.3. The maximum absolute atomic E-state index is 6.47. The number of hydrogen-bond acceptors (Lipinski definition) is 6. The fourth-order valence-corrected chi connectivity index (χ4v) is 4.60. The third-order valence-corrected chi connectivity index (χ3v) is 6.34. The van der Waals surface area contributed by atoms with E-state index in [1.165, 1.54) is 18.4 Å². The SMILES string of the molecule is COc1cccc(C2CCCCN2Cc2nc(-c3cc4c(cc3Cl)OCO4)oc2C)c1. The van der Waals surface area contributed by atoms with Crippen molar-refractivity contribution in [1.82, 2.24) is 9.88 Å². The van der Waals surface area contributed by atoms with Gasteiger partial charge in [0.05, 0.1) is 23.4 Å². The van der Waals surface area contributed by atoms with Gasteiger partial charge in [-0.1, -0.05) is 30.2 Å². The van der Waals surface area contributed by atoms with Crippen molar-refractivity contribution in [2.24, 2.45) is 0 Å². The molecule has 162 valence electrons.